The van der Waals surface area contributed by atoms with E-state index in [1.165, 1.54) is 0 Å². The molecule has 0 aromatic rings. The largest absolute Gasteiger partial charge is 0.373 e. The van der Waals surface area contributed by atoms with Gasteiger partial charge >= 0.3 is 0 Å². The highest BCUT2D eigenvalue weighted by molar-refractivity contribution is 5.85. The second kappa shape index (κ2) is 9.55. The van der Waals surface area contributed by atoms with Crippen LogP contribution in [0.3, 0.4) is 0 Å². The summed E-state index contributed by atoms with van der Waals surface area (Å²) in [5.74, 6) is 0.0659. The second-order valence-corrected chi connectivity index (χ2v) is 4.75. The molecule has 1 rings (SSSR count). The minimum atomic E-state index is 0. The molecule has 1 aliphatic rings. The van der Waals surface area contributed by atoms with Gasteiger partial charge in [0.1, 0.15) is 0 Å². The van der Waals surface area contributed by atoms with Crippen molar-refractivity contribution in [1.82, 2.24) is 15.5 Å². The Bertz CT molecular complexity index is 231. The van der Waals surface area contributed by atoms with Crippen LogP contribution < -0.4 is 10.6 Å². The highest BCUT2D eigenvalue weighted by Crippen LogP contribution is 2.10. The number of hydrogen-bond donors (Lipinski definition) is 2. The van der Waals surface area contributed by atoms with Gasteiger partial charge in [0, 0.05) is 26.2 Å². The van der Waals surface area contributed by atoms with E-state index in [0.717, 1.165) is 32.6 Å². The fraction of sp³-hybridized carbons (Fsp3) is 0.917. The summed E-state index contributed by atoms with van der Waals surface area (Å²) in [6.07, 6.45) is 1.63. The molecule has 0 radical (unpaired) electrons. The fourth-order valence-electron chi connectivity index (χ4n) is 2.22. The van der Waals surface area contributed by atoms with Crippen LogP contribution >= 0.6 is 12.4 Å². The number of ether oxygens (including phenoxy) is 1. The number of morpholine rings is 1. The van der Waals surface area contributed by atoms with Crippen LogP contribution in [0.15, 0.2) is 0 Å². The number of carbonyl (C=O) groups is 1. The molecule has 2 N–H and O–H groups in total. The van der Waals surface area contributed by atoms with Gasteiger partial charge in [-0.3, -0.25) is 9.69 Å². The number of rotatable bonds is 6. The predicted octanol–water partition coefficient (Wildman–Crippen LogP) is 0.243. The van der Waals surface area contributed by atoms with Crippen LogP contribution in [0.5, 0.6) is 0 Å². The van der Waals surface area contributed by atoms with Crippen molar-refractivity contribution in [2.45, 2.75) is 32.5 Å². The minimum Gasteiger partial charge on any atom is -0.373 e. The van der Waals surface area contributed by atoms with E-state index in [9.17, 15) is 4.79 Å². The predicted molar refractivity (Wildman–Crippen MR) is 75.3 cm³/mol. The van der Waals surface area contributed by atoms with Crippen molar-refractivity contribution in [2.24, 2.45) is 0 Å². The first-order valence-electron chi connectivity index (χ1n) is 6.41. The van der Waals surface area contributed by atoms with E-state index in [1.54, 1.807) is 7.05 Å². The SMILES string of the molecule is CNCC(=O)NCCCN1CC(C)OC(C)C1.Cl. The van der Waals surface area contributed by atoms with Crippen LogP contribution in [0.25, 0.3) is 0 Å². The summed E-state index contributed by atoms with van der Waals surface area (Å²) in [6.45, 7) is 8.38. The Labute approximate surface area is 116 Å². The van der Waals surface area contributed by atoms with Crippen LogP contribution in [0, 0.1) is 0 Å². The molecule has 0 aliphatic carbocycles. The van der Waals surface area contributed by atoms with Gasteiger partial charge in [0.2, 0.25) is 5.91 Å². The van der Waals surface area contributed by atoms with E-state index in [4.69, 9.17) is 4.74 Å². The Morgan fingerprint density at radius 3 is 2.50 bits per heavy atom. The molecule has 0 aromatic heterocycles. The summed E-state index contributed by atoms with van der Waals surface area (Å²) in [7, 11) is 1.77. The smallest absolute Gasteiger partial charge is 0.233 e. The van der Waals surface area contributed by atoms with Gasteiger partial charge in [-0.15, -0.1) is 12.4 Å². The van der Waals surface area contributed by atoms with Crippen LogP contribution in [0.4, 0.5) is 0 Å². The Kier molecular flexibility index (Phi) is 9.36. The van der Waals surface area contributed by atoms with Crippen molar-refractivity contribution in [3.63, 3.8) is 0 Å². The van der Waals surface area contributed by atoms with Gasteiger partial charge in [0.25, 0.3) is 0 Å². The van der Waals surface area contributed by atoms with Gasteiger partial charge < -0.3 is 15.4 Å². The summed E-state index contributed by atoms with van der Waals surface area (Å²) >= 11 is 0. The summed E-state index contributed by atoms with van der Waals surface area (Å²) in [5, 5.41) is 5.72. The van der Waals surface area contributed by atoms with E-state index in [2.05, 4.69) is 29.4 Å². The van der Waals surface area contributed by atoms with Crippen LogP contribution in [0.2, 0.25) is 0 Å². The molecule has 6 heteroatoms. The average Bonchev–Trinajstić information content (AvgIpc) is 2.23. The maximum absolute atomic E-state index is 11.2. The number of likely N-dealkylation sites (N-methyl/N-ethyl adjacent to an activating group) is 1. The maximum Gasteiger partial charge on any atom is 0.233 e. The van der Waals surface area contributed by atoms with Gasteiger partial charge in [-0.05, 0) is 27.3 Å². The lowest BCUT2D eigenvalue weighted by atomic mass is 10.2. The van der Waals surface area contributed by atoms with Crippen molar-refractivity contribution in [2.75, 3.05) is 39.8 Å². The zero-order chi connectivity index (χ0) is 12.7. The monoisotopic (exact) mass is 279 g/mol. The van der Waals surface area contributed by atoms with Crippen LogP contribution in [-0.2, 0) is 9.53 Å². The first kappa shape index (κ1) is 17.6. The van der Waals surface area contributed by atoms with E-state index < -0.39 is 0 Å². The lowest BCUT2D eigenvalue weighted by Gasteiger charge is -2.35. The van der Waals surface area contributed by atoms with Gasteiger partial charge in [-0.1, -0.05) is 0 Å². The number of carbonyl (C=O) groups excluding carboxylic acids is 1. The molecule has 1 fully saturated rings. The third kappa shape index (κ3) is 7.16. The molecule has 2 unspecified atom stereocenters. The van der Waals surface area contributed by atoms with E-state index in [1.807, 2.05) is 0 Å². The molecule has 2 atom stereocenters. The molecule has 18 heavy (non-hydrogen) atoms. The number of nitrogens with zero attached hydrogens (tertiary/aromatic N) is 1. The molecule has 1 aliphatic heterocycles. The summed E-state index contributed by atoms with van der Waals surface area (Å²) in [5.41, 5.74) is 0. The zero-order valence-electron chi connectivity index (χ0n) is 11.6. The molecular weight excluding hydrogens is 254 g/mol. The molecule has 1 amide bonds. The van der Waals surface area contributed by atoms with Crippen molar-refractivity contribution in [1.29, 1.82) is 0 Å². The zero-order valence-corrected chi connectivity index (χ0v) is 12.4. The number of nitrogens with one attached hydrogen (secondary N) is 2. The molecule has 0 saturated carbocycles. The average molecular weight is 280 g/mol. The molecule has 5 nitrogen and oxygen atoms in total. The summed E-state index contributed by atoms with van der Waals surface area (Å²) in [6, 6.07) is 0. The van der Waals surface area contributed by atoms with E-state index in [-0.39, 0.29) is 18.3 Å². The number of halogens is 1. The summed E-state index contributed by atoms with van der Waals surface area (Å²) < 4.78 is 5.67. The highest BCUT2D eigenvalue weighted by Gasteiger charge is 2.21. The Balaban J connectivity index is 0.00000289. The van der Waals surface area contributed by atoms with Gasteiger partial charge in [-0.25, -0.2) is 0 Å². The second-order valence-electron chi connectivity index (χ2n) is 4.75. The topological polar surface area (TPSA) is 53.6 Å². The standard InChI is InChI=1S/C12H25N3O2.ClH/c1-10-8-15(9-11(2)17-10)6-4-5-14-12(16)7-13-3;/h10-11,13H,4-9H2,1-3H3,(H,14,16);1H. The molecular formula is C12H26ClN3O2. The van der Waals surface area contributed by atoms with Gasteiger partial charge in [0.15, 0.2) is 0 Å². The third-order valence-electron chi connectivity index (χ3n) is 2.81. The molecule has 0 spiro atoms. The lowest BCUT2D eigenvalue weighted by Crippen LogP contribution is -2.46. The van der Waals surface area contributed by atoms with Crippen molar-refractivity contribution < 1.29 is 9.53 Å². The summed E-state index contributed by atoms with van der Waals surface area (Å²) in [4.78, 5) is 13.6. The van der Waals surface area contributed by atoms with Crippen molar-refractivity contribution in [3.8, 4) is 0 Å². The number of hydrogen-bond acceptors (Lipinski definition) is 4. The normalized spacial score (nSPS) is 24.4. The van der Waals surface area contributed by atoms with Gasteiger partial charge in [-0.2, -0.15) is 0 Å². The fourth-order valence-corrected chi connectivity index (χ4v) is 2.22. The first-order chi connectivity index (χ1) is 8.11. The quantitative estimate of drug-likeness (QED) is 0.684. The molecule has 0 bridgehead atoms. The Hall–Kier alpha value is -0.360. The highest BCUT2D eigenvalue weighted by atomic mass is 35.5. The molecule has 1 heterocycles. The molecule has 108 valence electrons. The first-order valence-corrected chi connectivity index (χ1v) is 6.41. The maximum atomic E-state index is 11.2. The minimum absolute atomic E-state index is 0. The van der Waals surface area contributed by atoms with E-state index in [0.29, 0.717) is 18.8 Å². The Morgan fingerprint density at radius 2 is 1.94 bits per heavy atom. The van der Waals surface area contributed by atoms with Crippen LogP contribution in [0.1, 0.15) is 20.3 Å². The van der Waals surface area contributed by atoms with Crippen molar-refractivity contribution in [3.05, 3.63) is 0 Å². The van der Waals surface area contributed by atoms with Crippen LogP contribution in [-0.4, -0.2) is 62.8 Å². The third-order valence-corrected chi connectivity index (χ3v) is 2.81. The Morgan fingerprint density at radius 1 is 1.33 bits per heavy atom. The molecule has 1 saturated heterocycles. The van der Waals surface area contributed by atoms with E-state index >= 15 is 0 Å². The lowest BCUT2D eigenvalue weighted by molar-refractivity contribution is -0.120. The number of amides is 1. The van der Waals surface area contributed by atoms with Crippen molar-refractivity contribution >= 4 is 18.3 Å². The van der Waals surface area contributed by atoms with Gasteiger partial charge in [0.05, 0.1) is 18.8 Å². The molecule has 0 aromatic carbocycles.